The van der Waals surface area contributed by atoms with Gasteiger partial charge in [0.1, 0.15) is 5.82 Å². The molecule has 108 valence electrons. The molecule has 0 aromatic heterocycles. The summed E-state index contributed by atoms with van der Waals surface area (Å²) in [5.74, 6) is -0.603. The zero-order valence-electron chi connectivity index (χ0n) is 11.7. The van der Waals surface area contributed by atoms with E-state index in [1.54, 1.807) is 6.92 Å². The van der Waals surface area contributed by atoms with E-state index in [0.29, 0.717) is 0 Å². The Balaban J connectivity index is 3.19. The molecule has 0 aliphatic carbocycles. The summed E-state index contributed by atoms with van der Waals surface area (Å²) in [5.41, 5.74) is 5.21. The molecule has 0 fully saturated rings. The molecule has 0 spiro atoms. The van der Waals surface area contributed by atoms with Crippen LogP contribution in [0.5, 0.6) is 0 Å². The molecule has 1 aromatic rings. The molecule has 0 heterocycles. The molecule has 0 aliphatic heterocycles. The Morgan fingerprint density at radius 2 is 1.95 bits per heavy atom. The molecule has 1 aromatic carbocycles. The van der Waals surface area contributed by atoms with Gasteiger partial charge in [-0.1, -0.05) is 26.8 Å². The van der Waals surface area contributed by atoms with Crippen LogP contribution in [0.15, 0.2) is 23.1 Å². The quantitative estimate of drug-likeness (QED) is 0.890. The molecule has 1 atom stereocenters. The van der Waals surface area contributed by atoms with Gasteiger partial charge in [0, 0.05) is 18.2 Å². The fraction of sp³-hybridized carbons (Fsp3) is 0.538. The van der Waals surface area contributed by atoms with Gasteiger partial charge in [-0.2, -0.15) is 0 Å². The molecule has 0 aliphatic rings. The fourth-order valence-electron chi connectivity index (χ4n) is 1.46. The van der Waals surface area contributed by atoms with Crippen molar-refractivity contribution in [3.8, 4) is 0 Å². The highest BCUT2D eigenvalue weighted by Crippen LogP contribution is 2.23. The lowest BCUT2D eigenvalue weighted by Crippen LogP contribution is -2.41. The zero-order chi connectivity index (χ0) is 14.8. The minimum atomic E-state index is -3.78. The van der Waals surface area contributed by atoms with Gasteiger partial charge >= 0.3 is 0 Å². The Morgan fingerprint density at radius 1 is 1.37 bits per heavy atom. The highest BCUT2D eigenvalue weighted by molar-refractivity contribution is 7.89. The number of rotatable bonds is 4. The minimum absolute atomic E-state index is 0.0103. The first-order chi connectivity index (χ1) is 8.59. The van der Waals surface area contributed by atoms with Crippen molar-refractivity contribution in [3.63, 3.8) is 0 Å². The van der Waals surface area contributed by atoms with Crippen LogP contribution in [0.25, 0.3) is 0 Å². The zero-order valence-corrected chi connectivity index (χ0v) is 12.5. The first kappa shape index (κ1) is 16.1. The van der Waals surface area contributed by atoms with Gasteiger partial charge in [0.15, 0.2) is 0 Å². The molecule has 19 heavy (non-hydrogen) atoms. The Labute approximate surface area is 114 Å². The van der Waals surface area contributed by atoms with Crippen molar-refractivity contribution in [1.29, 1.82) is 0 Å². The summed E-state index contributed by atoms with van der Waals surface area (Å²) in [6.45, 7) is 7.40. The summed E-state index contributed by atoms with van der Waals surface area (Å²) >= 11 is 0. The van der Waals surface area contributed by atoms with Crippen LogP contribution in [-0.2, 0) is 16.6 Å². The normalized spacial score (nSPS) is 14.4. The summed E-state index contributed by atoms with van der Waals surface area (Å²) in [5, 5.41) is 0. The number of nitrogens with one attached hydrogen (secondary N) is 1. The average molecular weight is 288 g/mol. The van der Waals surface area contributed by atoms with Crippen LogP contribution < -0.4 is 10.5 Å². The summed E-state index contributed by atoms with van der Waals surface area (Å²) in [7, 11) is -3.78. The highest BCUT2D eigenvalue weighted by atomic mass is 32.2. The number of benzene rings is 1. The number of sulfonamides is 1. The van der Waals surface area contributed by atoms with E-state index in [1.807, 2.05) is 20.8 Å². The lowest BCUT2D eigenvalue weighted by Gasteiger charge is -2.28. The third kappa shape index (κ3) is 3.75. The Bertz CT molecular complexity index is 550. The summed E-state index contributed by atoms with van der Waals surface area (Å²) in [4.78, 5) is -0.0916. The Hall–Kier alpha value is -0.980. The Kier molecular flexibility index (Phi) is 4.71. The molecule has 0 amide bonds. The van der Waals surface area contributed by atoms with Gasteiger partial charge in [0.05, 0.1) is 4.90 Å². The van der Waals surface area contributed by atoms with Crippen molar-refractivity contribution in [2.75, 3.05) is 0 Å². The van der Waals surface area contributed by atoms with Crippen molar-refractivity contribution in [3.05, 3.63) is 29.6 Å². The molecular weight excluding hydrogens is 267 g/mol. The molecule has 0 bridgehead atoms. The number of nitrogens with two attached hydrogens (primary N) is 1. The monoisotopic (exact) mass is 288 g/mol. The van der Waals surface area contributed by atoms with Crippen molar-refractivity contribution in [1.82, 2.24) is 4.72 Å². The van der Waals surface area contributed by atoms with Gasteiger partial charge < -0.3 is 5.73 Å². The largest absolute Gasteiger partial charge is 0.326 e. The molecular formula is C13H21FN2O2S. The van der Waals surface area contributed by atoms with E-state index in [1.165, 1.54) is 18.2 Å². The molecule has 3 N–H and O–H groups in total. The van der Waals surface area contributed by atoms with E-state index in [0.717, 1.165) is 0 Å². The third-order valence-corrected chi connectivity index (χ3v) is 4.83. The van der Waals surface area contributed by atoms with Crippen molar-refractivity contribution < 1.29 is 12.8 Å². The summed E-state index contributed by atoms with van der Waals surface area (Å²) in [6.07, 6.45) is 0. The van der Waals surface area contributed by atoms with Crippen LogP contribution >= 0.6 is 0 Å². The molecule has 4 nitrogen and oxygen atoms in total. The van der Waals surface area contributed by atoms with Crippen LogP contribution in [0.3, 0.4) is 0 Å². The van der Waals surface area contributed by atoms with Crippen molar-refractivity contribution in [2.45, 2.75) is 45.2 Å². The maximum absolute atomic E-state index is 13.6. The smallest absolute Gasteiger partial charge is 0.241 e. The van der Waals surface area contributed by atoms with Gasteiger partial charge in [-0.05, 0) is 24.5 Å². The molecule has 0 saturated carbocycles. The maximum Gasteiger partial charge on any atom is 0.241 e. The van der Waals surface area contributed by atoms with E-state index < -0.39 is 15.8 Å². The second kappa shape index (κ2) is 5.56. The van der Waals surface area contributed by atoms with Crippen molar-refractivity contribution in [2.24, 2.45) is 11.1 Å². The van der Waals surface area contributed by atoms with Gasteiger partial charge in [0.2, 0.25) is 10.0 Å². The van der Waals surface area contributed by atoms with E-state index in [-0.39, 0.29) is 28.5 Å². The molecule has 0 radical (unpaired) electrons. The predicted molar refractivity (Wildman–Crippen MR) is 73.5 cm³/mol. The van der Waals surface area contributed by atoms with Gasteiger partial charge in [-0.25, -0.2) is 17.5 Å². The molecule has 6 heteroatoms. The van der Waals surface area contributed by atoms with Gasteiger partial charge in [0.25, 0.3) is 0 Å². The van der Waals surface area contributed by atoms with E-state index in [9.17, 15) is 12.8 Å². The van der Waals surface area contributed by atoms with Gasteiger partial charge in [-0.3, -0.25) is 0 Å². The number of hydrogen-bond acceptors (Lipinski definition) is 3. The maximum atomic E-state index is 13.6. The van der Waals surface area contributed by atoms with Crippen molar-refractivity contribution >= 4 is 10.0 Å². The number of hydrogen-bond donors (Lipinski definition) is 2. The first-order valence-corrected chi connectivity index (χ1v) is 7.57. The average Bonchev–Trinajstić information content (AvgIpc) is 2.26. The van der Waals surface area contributed by atoms with E-state index in [4.69, 9.17) is 5.73 Å². The summed E-state index contributed by atoms with van der Waals surface area (Å²) < 4.78 is 40.7. The lowest BCUT2D eigenvalue weighted by molar-refractivity contribution is 0.317. The highest BCUT2D eigenvalue weighted by Gasteiger charge is 2.27. The van der Waals surface area contributed by atoms with Crippen LogP contribution in [0.4, 0.5) is 4.39 Å². The number of halogens is 1. The summed E-state index contributed by atoms with van der Waals surface area (Å²) in [6, 6.07) is 3.65. The lowest BCUT2D eigenvalue weighted by atomic mass is 9.89. The van der Waals surface area contributed by atoms with Crippen LogP contribution in [0.1, 0.15) is 33.3 Å². The molecule has 1 rings (SSSR count). The van der Waals surface area contributed by atoms with Gasteiger partial charge in [-0.15, -0.1) is 0 Å². The van der Waals surface area contributed by atoms with Crippen LogP contribution in [0, 0.1) is 11.2 Å². The SMILES string of the molecule is CC(NS(=O)(=O)c1cccc(F)c1CN)C(C)(C)C. The molecule has 1 unspecified atom stereocenters. The fourth-order valence-corrected chi connectivity index (χ4v) is 3.17. The van der Waals surface area contributed by atoms with E-state index in [2.05, 4.69) is 4.72 Å². The Morgan fingerprint density at radius 3 is 2.42 bits per heavy atom. The topological polar surface area (TPSA) is 72.2 Å². The standard InChI is InChI=1S/C13H21FN2O2S/c1-9(13(2,3)4)16-19(17,18)12-7-5-6-11(14)10(12)8-15/h5-7,9,16H,8,15H2,1-4H3. The minimum Gasteiger partial charge on any atom is -0.326 e. The van der Waals surface area contributed by atoms with Crippen LogP contribution in [-0.4, -0.2) is 14.5 Å². The third-order valence-electron chi connectivity index (χ3n) is 3.20. The second-order valence-electron chi connectivity index (χ2n) is 5.63. The first-order valence-electron chi connectivity index (χ1n) is 6.09. The predicted octanol–water partition coefficient (Wildman–Crippen LogP) is 2.00. The van der Waals surface area contributed by atoms with Crippen LogP contribution in [0.2, 0.25) is 0 Å². The second-order valence-corrected chi connectivity index (χ2v) is 7.31. The molecule has 0 saturated heterocycles. The van der Waals surface area contributed by atoms with E-state index >= 15 is 0 Å².